The van der Waals surface area contributed by atoms with Crippen LogP contribution in [0.25, 0.3) is 0 Å². The number of nitro benzene ring substituents is 1. The van der Waals surface area contributed by atoms with E-state index in [1.54, 1.807) is 48.7 Å². The number of nitro groups is 1. The Labute approximate surface area is 155 Å². The van der Waals surface area contributed by atoms with E-state index in [9.17, 15) is 18.5 Å². The predicted octanol–water partition coefficient (Wildman–Crippen LogP) is 2.72. The number of aromatic nitrogens is 1. The predicted molar refractivity (Wildman–Crippen MR) is 99.7 cm³/mol. The van der Waals surface area contributed by atoms with Gasteiger partial charge >= 0.3 is 0 Å². The highest BCUT2D eigenvalue weighted by molar-refractivity contribution is 7.89. The quantitative estimate of drug-likeness (QED) is 0.400. The van der Waals surface area contributed by atoms with Gasteiger partial charge in [-0.2, -0.15) is 18.4 Å². The largest absolute Gasteiger partial charge is 0.276 e. The van der Waals surface area contributed by atoms with Crippen LogP contribution in [0.1, 0.15) is 11.3 Å². The molecule has 0 bridgehead atoms. The van der Waals surface area contributed by atoms with Crippen molar-refractivity contribution in [2.45, 2.75) is 4.90 Å². The summed E-state index contributed by atoms with van der Waals surface area (Å²) in [6.45, 7) is 0. The summed E-state index contributed by atoms with van der Waals surface area (Å²) in [5.74, 6) is 0. The summed E-state index contributed by atoms with van der Waals surface area (Å²) in [7, 11) is -4.00. The molecule has 0 aliphatic carbocycles. The first-order chi connectivity index (χ1) is 13.0. The Bertz CT molecular complexity index is 1030. The summed E-state index contributed by atoms with van der Waals surface area (Å²) in [6.07, 6.45) is 1.58. The smallest absolute Gasteiger partial charge is 0.258 e. The van der Waals surface area contributed by atoms with Gasteiger partial charge in [0, 0.05) is 23.9 Å². The Morgan fingerprint density at radius 1 is 0.963 bits per heavy atom. The topological polar surface area (TPSA) is 115 Å². The second-order valence-electron chi connectivity index (χ2n) is 5.39. The van der Waals surface area contributed by atoms with Crippen LogP contribution < -0.4 is 4.83 Å². The average molecular weight is 382 g/mol. The molecule has 2 aromatic carbocycles. The Morgan fingerprint density at radius 3 is 2.22 bits per heavy atom. The van der Waals surface area contributed by atoms with Crippen molar-refractivity contribution < 1.29 is 13.3 Å². The van der Waals surface area contributed by atoms with Crippen LogP contribution in [-0.4, -0.2) is 24.0 Å². The molecule has 136 valence electrons. The van der Waals surface area contributed by atoms with Crippen LogP contribution in [0.2, 0.25) is 0 Å². The number of nitrogens with one attached hydrogen (secondary N) is 1. The van der Waals surface area contributed by atoms with Crippen molar-refractivity contribution in [3.05, 3.63) is 100 Å². The van der Waals surface area contributed by atoms with E-state index >= 15 is 0 Å². The highest BCUT2D eigenvalue weighted by Gasteiger charge is 2.16. The molecule has 9 heteroatoms. The summed E-state index contributed by atoms with van der Waals surface area (Å²) in [4.78, 5) is 16.4. The summed E-state index contributed by atoms with van der Waals surface area (Å²) >= 11 is 0. The molecule has 1 heterocycles. The number of non-ortho nitro benzene ring substituents is 1. The maximum atomic E-state index is 12.5. The molecular formula is C18H14N4O4S. The molecule has 3 aromatic rings. The van der Waals surface area contributed by atoms with Crippen molar-refractivity contribution in [1.29, 1.82) is 0 Å². The minimum Gasteiger partial charge on any atom is -0.258 e. The van der Waals surface area contributed by atoms with Crippen molar-refractivity contribution in [2.24, 2.45) is 5.10 Å². The SMILES string of the molecule is O=[N+]([O-])c1ccc(S(=O)(=O)NN=C(c2ccccc2)c2ccccn2)cc1. The van der Waals surface area contributed by atoms with Gasteiger partial charge in [0.2, 0.25) is 0 Å². The van der Waals surface area contributed by atoms with Gasteiger partial charge < -0.3 is 0 Å². The number of sulfonamides is 1. The highest BCUT2D eigenvalue weighted by Crippen LogP contribution is 2.16. The van der Waals surface area contributed by atoms with Gasteiger partial charge in [-0.05, 0) is 24.3 Å². The van der Waals surface area contributed by atoms with Crippen molar-refractivity contribution in [1.82, 2.24) is 9.82 Å². The molecule has 0 saturated heterocycles. The zero-order valence-electron chi connectivity index (χ0n) is 13.9. The fraction of sp³-hybridized carbons (Fsp3) is 0. The van der Waals surface area contributed by atoms with Gasteiger partial charge in [-0.3, -0.25) is 15.1 Å². The van der Waals surface area contributed by atoms with E-state index in [1.165, 1.54) is 0 Å². The van der Waals surface area contributed by atoms with Crippen molar-refractivity contribution in [2.75, 3.05) is 0 Å². The second-order valence-corrected chi connectivity index (χ2v) is 7.05. The third kappa shape index (κ3) is 4.33. The Morgan fingerprint density at radius 2 is 1.63 bits per heavy atom. The Kier molecular flexibility index (Phi) is 5.23. The molecule has 8 nitrogen and oxygen atoms in total. The molecule has 1 N–H and O–H groups in total. The van der Waals surface area contributed by atoms with Gasteiger partial charge in [-0.15, -0.1) is 0 Å². The van der Waals surface area contributed by atoms with Crippen molar-refractivity contribution in [3.8, 4) is 0 Å². The van der Waals surface area contributed by atoms with Gasteiger partial charge in [0.1, 0.15) is 5.71 Å². The number of benzene rings is 2. The molecule has 0 unspecified atom stereocenters. The van der Waals surface area contributed by atoms with Crippen molar-refractivity contribution >= 4 is 21.4 Å². The molecule has 0 saturated carbocycles. The first-order valence-electron chi connectivity index (χ1n) is 7.78. The lowest BCUT2D eigenvalue weighted by Crippen LogP contribution is -2.21. The normalized spacial score (nSPS) is 11.8. The molecule has 0 radical (unpaired) electrons. The standard InChI is InChI=1S/C18H14N4O4S/c23-22(24)15-9-11-16(12-10-15)27(25,26)21-20-18(14-6-2-1-3-7-14)17-8-4-5-13-19-17/h1-13,21H. The van der Waals surface area contributed by atoms with Gasteiger partial charge in [0.25, 0.3) is 15.7 Å². The maximum Gasteiger partial charge on any atom is 0.276 e. The monoisotopic (exact) mass is 382 g/mol. The number of pyridine rings is 1. The Hall–Kier alpha value is -3.59. The van der Waals surface area contributed by atoms with Crippen LogP contribution in [0.15, 0.2) is 89.0 Å². The lowest BCUT2D eigenvalue weighted by molar-refractivity contribution is -0.384. The molecular weight excluding hydrogens is 368 g/mol. The van der Waals surface area contributed by atoms with E-state index in [0.717, 1.165) is 24.3 Å². The molecule has 0 atom stereocenters. The molecule has 27 heavy (non-hydrogen) atoms. The van der Waals surface area contributed by atoms with Crippen LogP contribution in [0.4, 0.5) is 5.69 Å². The zero-order valence-corrected chi connectivity index (χ0v) is 14.7. The minimum absolute atomic E-state index is 0.134. The number of hydrogen-bond acceptors (Lipinski definition) is 6. The number of hydrazone groups is 1. The van der Waals surface area contributed by atoms with Crippen LogP contribution in [0, 0.1) is 10.1 Å². The molecule has 0 amide bonds. The van der Waals surface area contributed by atoms with Crippen LogP contribution in [-0.2, 0) is 10.0 Å². The average Bonchev–Trinajstić information content (AvgIpc) is 2.70. The molecule has 0 spiro atoms. The lowest BCUT2D eigenvalue weighted by atomic mass is 10.1. The Balaban J connectivity index is 1.95. The van der Waals surface area contributed by atoms with Crippen LogP contribution in [0.3, 0.4) is 0 Å². The first-order valence-corrected chi connectivity index (χ1v) is 9.26. The van der Waals surface area contributed by atoms with Gasteiger partial charge in [-0.25, -0.2) is 0 Å². The summed E-state index contributed by atoms with van der Waals surface area (Å²) < 4.78 is 24.9. The third-order valence-electron chi connectivity index (χ3n) is 3.59. The molecule has 0 aliphatic heterocycles. The molecule has 0 fully saturated rings. The lowest BCUT2D eigenvalue weighted by Gasteiger charge is -2.08. The minimum atomic E-state index is -4.00. The molecule has 1 aromatic heterocycles. The highest BCUT2D eigenvalue weighted by atomic mass is 32.2. The van der Waals surface area contributed by atoms with E-state index in [-0.39, 0.29) is 10.6 Å². The van der Waals surface area contributed by atoms with E-state index in [2.05, 4.69) is 14.9 Å². The van der Waals surface area contributed by atoms with E-state index < -0.39 is 14.9 Å². The maximum absolute atomic E-state index is 12.5. The first kappa shape index (κ1) is 18.2. The van der Waals surface area contributed by atoms with E-state index in [0.29, 0.717) is 17.0 Å². The van der Waals surface area contributed by atoms with Crippen LogP contribution >= 0.6 is 0 Å². The van der Waals surface area contributed by atoms with Gasteiger partial charge in [0.05, 0.1) is 15.5 Å². The molecule has 3 rings (SSSR count). The number of rotatable bonds is 6. The fourth-order valence-corrected chi connectivity index (χ4v) is 3.09. The van der Waals surface area contributed by atoms with Crippen LogP contribution in [0.5, 0.6) is 0 Å². The van der Waals surface area contributed by atoms with Crippen molar-refractivity contribution in [3.63, 3.8) is 0 Å². The zero-order chi connectivity index (χ0) is 19.3. The van der Waals surface area contributed by atoms with E-state index in [1.807, 2.05) is 6.07 Å². The second kappa shape index (κ2) is 7.75. The third-order valence-corrected chi connectivity index (χ3v) is 4.81. The fourth-order valence-electron chi connectivity index (χ4n) is 2.27. The van der Waals surface area contributed by atoms with Gasteiger partial charge in [-0.1, -0.05) is 36.4 Å². The molecule has 0 aliphatic rings. The summed E-state index contributed by atoms with van der Waals surface area (Å²) in [6, 6.07) is 18.8. The number of hydrogen-bond donors (Lipinski definition) is 1. The van der Waals surface area contributed by atoms with E-state index in [4.69, 9.17) is 0 Å². The number of nitrogens with zero attached hydrogens (tertiary/aromatic N) is 3. The summed E-state index contributed by atoms with van der Waals surface area (Å²) in [5.41, 5.74) is 1.33. The summed E-state index contributed by atoms with van der Waals surface area (Å²) in [5, 5.41) is 14.8. The van der Waals surface area contributed by atoms with Gasteiger partial charge in [0.15, 0.2) is 0 Å².